The molecule has 0 saturated carbocycles. The van der Waals surface area contributed by atoms with Crippen LogP contribution in [-0.2, 0) is 4.79 Å². The van der Waals surface area contributed by atoms with Crippen LogP contribution in [0.1, 0.15) is 52.4 Å². The predicted molar refractivity (Wildman–Crippen MR) is 74.4 cm³/mol. The quantitative estimate of drug-likeness (QED) is 0.836. The first kappa shape index (κ1) is 13.9. The van der Waals surface area contributed by atoms with E-state index in [0.29, 0.717) is 17.9 Å². The maximum Gasteiger partial charge on any atom is 0.222 e. The summed E-state index contributed by atoms with van der Waals surface area (Å²) in [4.78, 5) is 14.5. The van der Waals surface area contributed by atoms with E-state index in [4.69, 9.17) is 0 Å². The molecule has 2 rings (SSSR count). The first-order valence-electron chi connectivity index (χ1n) is 7.67. The fourth-order valence-electron chi connectivity index (χ4n) is 3.30. The summed E-state index contributed by atoms with van der Waals surface area (Å²) >= 11 is 0. The number of carbonyl (C=O) groups excluding carboxylic acids is 1. The molecular weight excluding hydrogens is 224 g/mol. The minimum Gasteiger partial charge on any atom is -0.340 e. The van der Waals surface area contributed by atoms with Crippen molar-refractivity contribution in [2.75, 3.05) is 19.6 Å². The molecule has 2 saturated heterocycles. The molecule has 18 heavy (non-hydrogen) atoms. The molecule has 2 aliphatic rings. The molecule has 2 heterocycles. The fraction of sp³-hybridized carbons (Fsp3) is 0.933. The van der Waals surface area contributed by atoms with Crippen molar-refractivity contribution in [1.82, 2.24) is 10.2 Å². The molecule has 0 aromatic heterocycles. The zero-order valence-electron chi connectivity index (χ0n) is 12.0. The van der Waals surface area contributed by atoms with Crippen LogP contribution in [0, 0.1) is 11.8 Å². The van der Waals surface area contributed by atoms with Gasteiger partial charge in [-0.05, 0) is 57.5 Å². The van der Waals surface area contributed by atoms with Crippen molar-refractivity contribution in [2.24, 2.45) is 11.8 Å². The van der Waals surface area contributed by atoms with E-state index in [0.717, 1.165) is 38.4 Å². The van der Waals surface area contributed by atoms with Gasteiger partial charge in [-0.1, -0.05) is 13.3 Å². The highest BCUT2D eigenvalue weighted by Gasteiger charge is 2.25. The molecule has 2 fully saturated rings. The number of likely N-dealkylation sites (tertiary alicyclic amines) is 1. The summed E-state index contributed by atoms with van der Waals surface area (Å²) in [6, 6.07) is 0.448. The Hall–Kier alpha value is -0.570. The Morgan fingerprint density at radius 3 is 2.83 bits per heavy atom. The van der Waals surface area contributed by atoms with Crippen LogP contribution in [0.3, 0.4) is 0 Å². The van der Waals surface area contributed by atoms with Crippen LogP contribution in [0.25, 0.3) is 0 Å². The topological polar surface area (TPSA) is 32.3 Å². The second-order valence-electron chi connectivity index (χ2n) is 6.33. The van der Waals surface area contributed by atoms with Crippen LogP contribution in [0.15, 0.2) is 0 Å². The van der Waals surface area contributed by atoms with Crippen molar-refractivity contribution in [3.05, 3.63) is 0 Å². The lowest BCUT2D eigenvalue weighted by Gasteiger charge is -2.29. The minimum absolute atomic E-state index is 0.392. The van der Waals surface area contributed by atoms with E-state index < -0.39 is 0 Å². The first-order valence-corrected chi connectivity index (χ1v) is 7.67. The van der Waals surface area contributed by atoms with E-state index in [1.54, 1.807) is 0 Å². The SMILES string of the molecule is CC1CCCC(C)N(C(=O)CCC2CCNC2)C1. The molecule has 2 aliphatic heterocycles. The summed E-state index contributed by atoms with van der Waals surface area (Å²) in [6.45, 7) is 7.71. The average Bonchev–Trinajstić information content (AvgIpc) is 2.80. The van der Waals surface area contributed by atoms with Crippen molar-refractivity contribution in [2.45, 2.75) is 58.4 Å². The van der Waals surface area contributed by atoms with E-state index in [9.17, 15) is 4.79 Å². The van der Waals surface area contributed by atoms with E-state index in [-0.39, 0.29) is 0 Å². The number of nitrogens with one attached hydrogen (secondary N) is 1. The van der Waals surface area contributed by atoms with Crippen molar-refractivity contribution in [1.29, 1.82) is 0 Å². The van der Waals surface area contributed by atoms with Crippen molar-refractivity contribution in [3.8, 4) is 0 Å². The molecule has 104 valence electrons. The van der Waals surface area contributed by atoms with Crippen LogP contribution in [0.4, 0.5) is 0 Å². The van der Waals surface area contributed by atoms with Crippen LogP contribution in [0.2, 0.25) is 0 Å². The number of rotatable bonds is 3. The highest BCUT2D eigenvalue weighted by molar-refractivity contribution is 5.76. The van der Waals surface area contributed by atoms with Crippen molar-refractivity contribution in [3.63, 3.8) is 0 Å². The highest BCUT2D eigenvalue weighted by atomic mass is 16.2. The van der Waals surface area contributed by atoms with Crippen molar-refractivity contribution < 1.29 is 4.79 Å². The van der Waals surface area contributed by atoms with E-state index in [2.05, 4.69) is 24.1 Å². The third-order valence-corrected chi connectivity index (χ3v) is 4.61. The van der Waals surface area contributed by atoms with Crippen molar-refractivity contribution >= 4 is 5.91 Å². The molecular formula is C15H28N2O. The lowest BCUT2D eigenvalue weighted by molar-refractivity contribution is -0.133. The van der Waals surface area contributed by atoms with Gasteiger partial charge in [-0.15, -0.1) is 0 Å². The van der Waals surface area contributed by atoms with Gasteiger partial charge in [-0.25, -0.2) is 0 Å². The number of hydrogen-bond donors (Lipinski definition) is 1. The van der Waals surface area contributed by atoms with E-state index >= 15 is 0 Å². The van der Waals surface area contributed by atoms with Crippen LogP contribution >= 0.6 is 0 Å². The van der Waals surface area contributed by atoms with E-state index in [1.807, 2.05) is 0 Å². The Morgan fingerprint density at radius 1 is 1.28 bits per heavy atom. The van der Waals surface area contributed by atoms with Crippen LogP contribution in [-0.4, -0.2) is 36.5 Å². The van der Waals surface area contributed by atoms with Gasteiger partial charge < -0.3 is 10.2 Å². The molecule has 0 aromatic carbocycles. The summed E-state index contributed by atoms with van der Waals surface area (Å²) < 4.78 is 0. The second kappa shape index (κ2) is 6.55. The summed E-state index contributed by atoms with van der Waals surface area (Å²) in [7, 11) is 0. The molecule has 3 atom stereocenters. The minimum atomic E-state index is 0.392. The maximum atomic E-state index is 12.4. The zero-order chi connectivity index (χ0) is 13.0. The molecule has 1 N–H and O–H groups in total. The first-order chi connectivity index (χ1) is 8.66. The molecule has 0 aliphatic carbocycles. The molecule has 3 heteroatoms. The van der Waals surface area contributed by atoms with E-state index in [1.165, 1.54) is 25.7 Å². The predicted octanol–water partition coefficient (Wildman–Crippen LogP) is 2.41. The van der Waals surface area contributed by atoms with Gasteiger partial charge in [0.25, 0.3) is 0 Å². The maximum absolute atomic E-state index is 12.4. The Labute approximate surface area is 111 Å². The smallest absolute Gasteiger partial charge is 0.222 e. The van der Waals surface area contributed by atoms with Crippen LogP contribution < -0.4 is 5.32 Å². The van der Waals surface area contributed by atoms with Gasteiger partial charge in [0.1, 0.15) is 0 Å². The average molecular weight is 252 g/mol. The summed E-state index contributed by atoms with van der Waals surface area (Å²) in [5.41, 5.74) is 0. The Morgan fingerprint density at radius 2 is 2.11 bits per heavy atom. The molecule has 0 spiro atoms. The fourth-order valence-corrected chi connectivity index (χ4v) is 3.30. The zero-order valence-corrected chi connectivity index (χ0v) is 12.0. The number of hydrogen-bond acceptors (Lipinski definition) is 2. The van der Waals surface area contributed by atoms with Gasteiger partial charge >= 0.3 is 0 Å². The third-order valence-electron chi connectivity index (χ3n) is 4.61. The van der Waals surface area contributed by atoms with Gasteiger partial charge in [0, 0.05) is 19.0 Å². The summed E-state index contributed by atoms with van der Waals surface area (Å²) in [5.74, 6) is 1.80. The molecule has 0 radical (unpaired) electrons. The molecule has 0 aromatic rings. The highest BCUT2D eigenvalue weighted by Crippen LogP contribution is 2.23. The third kappa shape index (κ3) is 3.71. The molecule has 3 unspecified atom stereocenters. The van der Waals surface area contributed by atoms with Gasteiger partial charge in [-0.3, -0.25) is 4.79 Å². The Kier molecular flexibility index (Phi) is 5.04. The lowest BCUT2D eigenvalue weighted by atomic mass is 10.0. The largest absolute Gasteiger partial charge is 0.340 e. The Balaban J connectivity index is 1.81. The normalized spacial score (nSPS) is 33.4. The number of amides is 1. The Bertz CT molecular complexity index is 274. The van der Waals surface area contributed by atoms with Crippen LogP contribution in [0.5, 0.6) is 0 Å². The lowest BCUT2D eigenvalue weighted by Crippen LogP contribution is -2.39. The number of carbonyl (C=O) groups is 1. The molecule has 1 amide bonds. The van der Waals surface area contributed by atoms with Gasteiger partial charge in [-0.2, -0.15) is 0 Å². The standard InChI is InChI=1S/C15H28N2O/c1-12-4-3-5-13(2)17(11-12)15(18)7-6-14-8-9-16-10-14/h12-14,16H,3-11H2,1-2H3. The molecule has 3 nitrogen and oxygen atoms in total. The van der Waals surface area contributed by atoms with Gasteiger partial charge in [0.15, 0.2) is 0 Å². The second-order valence-corrected chi connectivity index (χ2v) is 6.33. The molecule has 0 bridgehead atoms. The van der Waals surface area contributed by atoms with Gasteiger partial charge in [0.05, 0.1) is 0 Å². The van der Waals surface area contributed by atoms with Gasteiger partial charge in [0.2, 0.25) is 5.91 Å². The monoisotopic (exact) mass is 252 g/mol. The number of nitrogens with zero attached hydrogens (tertiary/aromatic N) is 1. The summed E-state index contributed by atoms with van der Waals surface area (Å²) in [6.07, 6.45) is 6.81. The summed E-state index contributed by atoms with van der Waals surface area (Å²) in [5, 5.41) is 3.38.